The molecule has 0 unspecified atom stereocenters. The summed E-state index contributed by atoms with van der Waals surface area (Å²) in [6.45, 7) is 0.0960. The third-order valence-corrected chi connectivity index (χ3v) is 10.2. The van der Waals surface area contributed by atoms with Crippen molar-refractivity contribution in [1.82, 2.24) is 29.9 Å². The van der Waals surface area contributed by atoms with Crippen LogP contribution < -0.4 is 83.7 Å². The molecule has 61 heavy (non-hydrogen) atoms. The molecule has 0 spiro atoms. The van der Waals surface area contributed by atoms with Crippen molar-refractivity contribution in [3.63, 3.8) is 0 Å². The second-order valence-corrected chi connectivity index (χ2v) is 15.6. The van der Waals surface area contributed by atoms with Gasteiger partial charge in [-0.25, -0.2) is 28.4 Å². The van der Waals surface area contributed by atoms with Crippen LogP contribution in [0.25, 0.3) is 12.2 Å². The number of nitrogens with one attached hydrogen (secondary N) is 4. The molecule has 6 aromatic rings. The molecule has 23 heteroatoms. The predicted molar refractivity (Wildman–Crippen MR) is 220 cm³/mol. The van der Waals surface area contributed by atoms with E-state index in [0.717, 1.165) is 12.1 Å². The Hall–Kier alpha value is -5.18. The SMILES string of the molecule is CN(CCO)c1nc(=Nc2ccccc2)[nH]c(=Nc2ccc(/C=C/c3ccc(N=c4[nH]c(N(C)CCO)nc(=Nc5ccccc5)[nH]4)cc3S(=O)(=O)O)c(S(=O)(=O)[O-])c2)[nH]1.[K+]. The van der Waals surface area contributed by atoms with Crippen LogP contribution in [0.1, 0.15) is 11.1 Å². The summed E-state index contributed by atoms with van der Waals surface area (Å²) < 4.78 is 73.1. The van der Waals surface area contributed by atoms with Gasteiger partial charge in [0, 0.05) is 27.2 Å². The Morgan fingerprint density at radius 1 is 0.607 bits per heavy atom. The van der Waals surface area contributed by atoms with E-state index >= 15 is 0 Å². The molecule has 312 valence electrons. The van der Waals surface area contributed by atoms with Crippen LogP contribution in [-0.2, 0) is 20.2 Å². The van der Waals surface area contributed by atoms with Gasteiger partial charge in [-0.05, 0) is 59.7 Å². The fourth-order valence-corrected chi connectivity index (χ4v) is 6.87. The van der Waals surface area contributed by atoms with E-state index in [0.29, 0.717) is 11.4 Å². The van der Waals surface area contributed by atoms with E-state index in [2.05, 4.69) is 49.9 Å². The van der Waals surface area contributed by atoms with Gasteiger partial charge in [0.25, 0.3) is 10.1 Å². The number of hydrogen-bond donors (Lipinski definition) is 7. The van der Waals surface area contributed by atoms with Crippen molar-refractivity contribution in [2.45, 2.75) is 9.79 Å². The van der Waals surface area contributed by atoms with Crippen LogP contribution in [0.2, 0.25) is 0 Å². The molecule has 0 amide bonds. The first-order valence-corrected chi connectivity index (χ1v) is 20.8. The fourth-order valence-electron chi connectivity index (χ4n) is 5.48. The number of likely N-dealkylation sites (N-methyl/N-ethyl adjacent to an activating group) is 2. The number of aliphatic hydroxyl groups is 2. The predicted octanol–water partition coefficient (Wildman–Crippen LogP) is -1.10. The van der Waals surface area contributed by atoms with Crippen molar-refractivity contribution in [3.05, 3.63) is 131 Å². The monoisotopic (exact) mass is 894 g/mol. The summed E-state index contributed by atoms with van der Waals surface area (Å²) in [5.74, 6) is 0.557. The van der Waals surface area contributed by atoms with Gasteiger partial charge in [-0.2, -0.15) is 18.4 Å². The van der Waals surface area contributed by atoms with E-state index in [9.17, 15) is 36.2 Å². The molecule has 0 fully saturated rings. The molecule has 0 saturated carbocycles. The molecule has 0 radical (unpaired) electrons. The van der Waals surface area contributed by atoms with Crippen LogP contribution in [0.4, 0.5) is 34.6 Å². The summed E-state index contributed by atoms with van der Waals surface area (Å²) in [6.07, 6.45) is 2.44. The summed E-state index contributed by atoms with van der Waals surface area (Å²) in [4.78, 5) is 40.5. The molecule has 0 aliphatic carbocycles. The van der Waals surface area contributed by atoms with E-state index in [1.54, 1.807) is 72.4 Å². The van der Waals surface area contributed by atoms with E-state index in [-0.39, 0.29) is 135 Å². The van der Waals surface area contributed by atoms with Gasteiger partial charge in [-0.1, -0.05) is 60.7 Å². The second-order valence-electron chi connectivity index (χ2n) is 12.8. The Bertz CT molecular complexity index is 2820. The molecule has 20 nitrogen and oxygen atoms in total. The molecule has 0 bridgehead atoms. The third-order valence-electron chi connectivity index (χ3n) is 8.39. The van der Waals surface area contributed by atoms with Crippen LogP contribution in [0, 0.1) is 0 Å². The van der Waals surface area contributed by atoms with E-state index in [1.807, 2.05) is 12.1 Å². The van der Waals surface area contributed by atoms with Crippen LogP contribution >= 0.6 is 0 Å². The van der Waals surface area contributed by atoms with Crippen molar-refractivity contribution in [2.75, 3.05) is 50.2 Å². The number of aromatic amines is 4. The number of aromatic nitrogens is 6. The molecule has 6 rings (SSSR count). The van der Waals surface area contributed by atoms with Crippen molar-refractivity contribution >= 4 is 67.0 Å². The van der Waals surface area contributed by atoms with Crippen LogP contribution in [-0.4, -0.2) is 106 Å². The summed E-state index contributed by atoms with van der Waals surface area (Å²) in [6, 6.07) is 25.6. The Kier molecular flexibility index (Phi) is 16.2. The van der Waals surface area contributed by atoms with Gasteiger partial charge in [0.2, 0.25) is 34.4 Å². The Morgan fingerprint density at radius 3 is 1.41 bits per heavy atom. The molecule has 0 aliphatic rings. The number of nitrogens with zero attached hydrogens (tertiary/aromatic N) is 8. The molecule has 4 aromatic carbocycles. The maximum Gasteiger partial charge on any atom is 1.00 e. The van der Waals surface area contributed by atoms with Crippen molar-refractivity contribution in [3.8, 4) is 0 Å². The quantitative estimate of drug-likeness (QED) is 0.0390. The summed E-state index contributed by atoms with van der Waals surface area (Å²) in [5, 5.41) is 18.9. The zero-order chi connectivity index (χ0) is 42.9. The average molecular weight is 895 g/mol. The molecule has 0 saturated heterocycles. The number of para-hydroxylation sites is 2. The number of H-pyrrole nitrogens is 4. The van der Waals surface area contributed by atoms with Gasteiger partial charge in [0.05, 0.1) is 40.9 Å². The summed E-state index contributed by atoms with van der Waals surface area (Å²) in [5.41, 5.74) is 1.59. The molecule has 7 N–H and O–H groups in total. The third kappa shape index (κ3) is 13.2. The van der Waals surface area contributed by atoms with Gasteiger partial charge in [0.1, 0.15) is 15.0 Å². The number of hydrogen-bond acceptors (Lipinski definition) is 15. The molecule has 0 aliphatic heterocycles. The molecule has 0 atom stereocenters. The van der Waals surface area contributed by atoms with E-state index in [1.165, 1.54) is 36.4 Å². The normalized spacial score (nSPS) is 13.1. The smallest absolute Gasteiger partial charge is 0.744 e. The number of rotatable bonds is 14. The van der Waals surface area contributed by atoms with Crippen molar-refractivity contribution < 1.29 is 87.5 Å². The standard InChI is InChI=1S/C38H40N12O8S2.K/c1-49(19-21-51)37-45-33(39-27-9-5-3-6-10-27)43-35(47-37)41-29-17-15-25(31(23-29)59(53,54)55)13-14-26-16-18-30(24-32(26)60(56,57)58)42-36-44-34(40-28-11-7-4-8-12-28)46-38(48-36)50(2)20-22-52;/h3-18,23-24,51-52H,19-22H2,1-2H3,(H,53,54,55)(H,56,57,58)(H2,39,41,43,45,47)(H2,40,42,44,46,48);/q;+1/p-1/b14-13+;. The average Bonchev–Trinajstić information content (AvgIpc) is 3.20. The van der Waals surface area contributed by atoms with E-state index < -0.39 is 30.0 Å². The largest absolute Gasteiger partial charge is 1.00 e. The van der Waals surface area contributed by atoms with Gasteiger partial charge in [-0.3, -0.25) is 24.5 Å². The fraction of sp³-hybridized carbons (Fsp3) is 0.158. The minimum Gasteiger partial charge on any atom is -0.744 e. The maximum absolute atomic E-state index is 12.6. The number of benzene rings is 4. The van der Waals surface area contributed by atoms with Gasteiger partial charge in [0.15, 0.2) is 0 Å². The van der Waals surface area contributed by atoms with E-state index in [4.69, 9.17) is 0 Å². The van der Waals surface area contributed by atoms with Crippen LogP contribution in [0.3, 0.4) is 0 Å². The maximum atomic E-state index is 12.6. The first-order chi connectivity index (χ1) is 28.7. The zero-order valence-electron chi connectivity index (χ0n) is 33.0. The molecular formula is C38H39KN12O8S2. The second kappa shape index (κ2) is 21.1. The summed E-state index contributed by atoms with van der Waals surface area (Å²) in [7, 11) is -6.63. The topological polar surface area (TPSA) is 297 Å². The first-order valence-electron chi connectivity index (χ1n) is 17.9. The van der Waals surface area contributed by atoms with Gasteiger partial charge in [-0.15, -0.1) is 0 Å². The minimum absolute atomic E-state index is 0. The van der Waals surface area contributed by atoms with Gasteiger partial charge >= 0.3 is 51.4 Å². The van der Waals surface area contributed by atoms with Crippen molar-refractivity contribution in [1.29, 1.82) is 0 Å². The van der Waals surface area contributed by atoms with Crippen molar-refractivity contribution in [2.24, 2.45) is 20.0 Å². The number of anilines is 2. The van der Waals surface area contributed by atoms with Crippen LogP contribution in [0.5, 0.6) is 0 Å². The minimum atomic E-state index is -5.12. The first kappa shape index (κ1) is 46.9. The number of aliphatic hydroxyl groups excluding tert-OH is 2. The molecular weight excluding hydrogens is 856 g/mol. The molecule has 2 aromatic heterocycles. The van der Waals surface area contributed by atoms with Crippen LogP contribution in [0.15, 0.2) is 127 Å². The Morgan fingerprint density at radius 2 is 1.02 bits per heavy atom. The Labute approximate surface area is 391 Å². The zero-order valence-corrected chi connectivity index (χ0v) is 37.8. The summed E-state index contributed by atoms with van der Waals surface area (Å²) >= 11 is 0. The van der Waals surface area contributed by atoms with Gasteiger partial charge < -0.3 is 24.6 Å². The Balaban J connectivity index is 0.00000704. The molecule has 2 heterocycles.